The summed E-state index contributed by atoms with van der Waals surface area (Å²) >= 11 is 0. The Hall–Kier alpha value is -2.88. The molecule has 2 aromatic rings. The Bertz CT molecular complexity index is 892. The van der Waals surface area contributed by atoms with Crippen LogP contribution in [0.3, 0.4) is 0 Å². The number of fused-ring (bicyclic) bond motifs is 1. The average Bonchev–Trinajstić information content (AvgIpc) is 2.55. The molecule has 2 heterocycles. The molecule has 25 heavy (non-hydrogen) atoms. The summed E-state index contributed by atoms with van der Waals surface area (Å²) in [5.74, 6) is 0.279. The topological polar surface area (TPSA) is 83.6 Å². The minimum atomic E-state index is -4.61. The first-order valence-electron chi connectivity index (χ1n) is 7.04. The fourth-order valence-electron chi connectivity index (χ4n) is 2.51. The minimum Gasteiger partial charge on any atom is -0.467 e. The summed E-state index contributed by atoms with van der Waals surface area (Å²) in [5.41, 5.74) is -1.29. The van der Waals surface area contributed by atoms with E-state index in [2.05, 4.69) is 0 Å². The molecule has 0 saturated heterocycles. The van der Waals surface area contributed by atoms with Gasteiger partial charge in [0.1, 0.15) is 5.75 Å². The van der Waals surface area contributed by atoms with Crippen LogP contribution in [0.2, 0.25) is 0 Å². The number of nitrogens with zero attached hydrogens (tertiary/aromatic N) is 2. The molecule has 1 aromatic carbocycles. The van der Waals surface area contributed by atoms with Crippen molar-refractivity contribution in [2.45, 2.75) is 19.3 Å². The van der Waals surface area contributed by atoms with Crippen LogP contribution in [0.5, 0.6) is 5.75 Å². The van der Waals surface area contributed by atoms with Gasteiger partial charge in [-0.15, -0.1) is 0 Å². The number of hydrogen-bond donors (Lipinski definition) is 0. The van der Waals surface area contributed by atoms with Gasteiger partial charge in [0.25, 0.3) is 11.2 Å². The third-order valence-electron chi connectivity index (χ3n) is 3.63. The van der Waals surface area contributed by atoms with Crippen molar-refractivity contribution in [3.63, 3.8) is 0 Å². The van der Waals surface area contributed by atoms with Crippen molar-refractivity contribution in [1.29, 1.82) is 0 Å². The molecule has 0 unspecified atom stereocenters. The number of benzene rings is 1. The normalized spacial score (nSPS) is 13.9. The van der Waals surface area contributed by atoms with Crippen molar-refractivity contribution in [3.8, 4) is 5.75 Å². The first-order chi connectivity index (χ1) is 11.8. The maximum atomic E-state index is 12.8. The predicted octanol–water partition coefficient (Wildman–Crippen LogP) is 2.69. The first kappa shape index (κ1) is 17.0. The summed E-state index contributed by atoms with van der Waals surface area (Å²) in [6.07, 6.45) is -3.94. The van der Waals surface area contributed by atoms with Crippen molar-refractivity contribution >= 4 is 5.69 Å². The summed E-state index contributed by atoms with van der Waals surface area (Å²) in [4.78, 5) is 22.3. The van der Waals surface area contributed by atoms with Crippen LogP contribution in [-0.4, -0.2) is 16.3 Å². The van der Waals surface area contributed by atoms with Gasteiger partial charge in [0.2, 0.25) is 0 Å². The van der Waals surface area contributed by atoms with Crippen LogP contribution < -0.4 is 10.3 Å². The minimum absolute atomic E-state index is 0.0709. The zero-order valence-electron chi connectivity index (χ0n) is 12.6. The number of nitro benzene ring substituents is 1. The van der Waals surface area contributed by atoms with E-state index in [1.54, 1.807) is 0 Å². The Balaban J connectivity index is 2.07. The summed E-state index contributed by atoms with van der Waals surface area (Å²) < 4.78 is 49.7. The second kappa shape index (κ2) is 6.20. The maximum absolute atomic E-state index is 12.8. The van der Waals surface area contributed by atoms with Crippen LogP contribution >= 0.6 is 0 Å². The molecule has 0 atom stereocenters. The quantitative estimate of drug-likeness (QED) is 0.624. The lowest BCUT2D eigenvalue weighted by molar-refractivity contribution is -0.385. The molecule has 1 aromatic heterocycles. The highest BCUT2D eigenvalue weighted by Crippen LogP contribution is 2.33. The lowest BCUT2D eigenvalue weighted by Crippen LogP contribution is -2.23. The molecule has 0 spiro atoms. The van der Waals surface area contributed by atoms with Gasteiger partial charge in [0.15, 0.2) is 6.79 Å². The van der Waals surface area contributed by atoms with Crippen molar-refractivity contribution in [2.75, 3.05) is 6.79 Å². The molecule has 0 fully saturated rings. The average molecular weight is 356 g/mol. The fourth-order valence-corrected chi connectivity index (χ4v) is 2.51. The largest absolute Gasteiger partial charge is 0.467 e. The molecule has 0 radical (unpaired) electrons. The van der Waals surface area contributed by atoms with Crippen molar-refractivity contribution in [3.05, 3.63) is 67.6 Å². The number of halogens is 3. The van der Waals surface area contributed by atoms with E-state index in [1.165, 1.54) is 12.1 Å². The molecule has 10 heteroatoms. The molecular weight excluding hydrogens is 345 g/mol. The summed E-state index contributed by atoms with van der Waals surface area (Å²) in [5, 5.41) is 11.1. The van der Waals surface area contributed by atoms with Gasteiger partial charge in [0.05, 0.1) is 23.6 Å². The highest BCUT2D eigenvalue weighted by Gasteiger charge is 2.31. The van der Waals surface area contributed by atoms with Crippen molar-refractivity contribution < 1.29 is 27.6 Å². The Morgan fingerprint density at radius 3 is 2.72 bits per heavy atom. The lowest BCUT2D eigenvalue weighted by Gasteiger charge is -2.21. The molecule has 7 nitrogen and oxygen atoms in total. The number of pyridine rings is 1. The monoisotopic (exact) mass is 356 g/mol. The number of ether oxygens (including phenoxy) is 2. The molecule has 0 saturated carbocycles. The fraction of sp³-hybridized carbons (Fsp3) is 0.267. The van der Waals surface area contributed by atoms with E-state index in [0.717, 1.165) is 10.6 Å². The van der Waals surface area contributed by atoms with Gasteiger partial charge in [0, 0.05) is 35.5 Å². The van der Waals surface area contributed by atoms with E-state index in [0.29, 0.717) is 17.8 Å². The first-order valence-corrected chi connectivity index (χ1v) is 7.04. The smallest absolute Gasteiger partial charge is 0.417 e. The Morgan fingerprint density at radius 1 is 1.28 bits per heavy atom. The van der Waals surface area contributed by atoms with Gasteiger partial charge in [-0.25, -0.2) is 0 Å². The highest BCUT2D eigenvalue weighted by molar-refractivity contribution is 5.50. The molecule has 0 amide bonds. The Morgan fingerprint density at radius 2 is 2.04 bits per heavy atom. The Labute approximate surface area is 138 Å². The summed E-state index contributed by atoms with van der Waals surface area (Å²) in [7, 11) is 0. The van der Waals surface area contributed by atoms with E-state index in [-0.39, 0.29) is 36.9 Å². The molecule has 1 aliphatic heterocycles. The molecule has 1 aliphatic rings. The second-order valence-electron chi connectivity index (χ2n) is 5.34. The van der Waals surface area contributed by atoms with Gasteiger partial charge in [-0.2, -0.15) is 13.2 Å². The van der Waals surface area contributed by atoms with Gasteiger partial charge in [-0.05, 0) is 6.07 Å². The van der Waals surface area contributed by atoms with E-state index in [1.807, 2.05) is 0 Å². The molecule has 0 aliphatic carbocycles. The molecular formula is C15H11F3N2O5. The van der Waals surface area contributed by atoms with E-state index >= 15 is 0 Å². The van der Waals surface area contributed by atoms with Gasteiger partial charge in [-0.3, -0.25) is 14.9 Å². The van der Waals surface area contributed by atoms with Gasteiger partial charge >= 0.3 is 6.18 Å². The SMILES string of the molecule is O=c1ccc(C(F)(F)F)cn1Cc1cc([N+](=O)[O-])cc2c1OCOC2. The standard InChI is InChI=1S/C15H11F3N2O5/c16-15(17,18)11-1-2-13(21)19(6-11)5-9-3-12(20(22)23)4-10-7-24-8-25-14(9)10/h1-4,6H,5,7-8H2. The van der Waals surface area contributed by atoms with Gasteiger partial charge in [-0.1, -0.05) is 0 Å². The van der Waals surface area contributed by atoms with Crippen LogP contribution in [0, 0.1) is 10.1 Å². The highest BCUT2D eigenvalue weighted by atomic mass is 19.4. The number of nitro groups is 1. The van der Waals surface area contributed by atoms with Crippen LogP contribution in [0.1, 0.15) is 16.7 Å². The lowest BCUT2D eigenvalue weighted by atomic mass is 10.1. The Kier molecular flexibility index (Phi) is 4.21. The summed E-state index contributed by atoms with van der Waals surface area (Å²) in [6, 6.07) is 3.94. The molecule has 132 valence electrons. The number of alkyl halides is 3. The zero-order chi connectivity index (χ0) is 18.2. The number of hydrogen-bond acceptors (Lipinski definition) is 5. The molecule has 0 N–H and O–H groups in total. The van der Waals surface area contributed by atoms with Crippen LogP contribution in [0.4, 0.5) is 18.9 Å². The number of aromatic nitrogens is 1. The van der Waals surface area contributed by atoms with Gasteiger partial charge < -0.3 is 14.0 Å². The van der Waals surface area contributed by atoms with E-state index < -0.39 is 22.2 Å². The van der Waals surface area contributed by atoms with Crippen molar-refractivity contribution in [2.24, 2.45) is 0 Å². The predicted molar refractivity (Wildman–Crippen MR) is 78.2 cm³/mol. The summed E-state index contributed by atoms with van der Waals surface area (Å²) in [6.45, 7) is -0.316. The molecule has 0 bridgehead atoms. The van der Waals surface area contributed by atoms with E-state index in [9.17, 15) is 28.1 Å². The van der Waals surface area contributed by atoms with Crippen LogP contribution in [0.25, 0.3) is 0 Å². The second-order valence-corrected chi connectivity index (χ2v) is 5.34. The van der Waals surface area contributed by atoms with Crippen molar-refractivity contribution in [1.82, 2.24) is 4.57 Å². The van der Waals surface area contributed by atoms with Crippen LogP contribution in [0.15, 0.2) is 35.3 Å². The molecule has 3 rings (SSSR count). The maximum Gasteiger partial charge on any atom is 0.417 e. The third kappa shape index (κ3) is 3.48. The zero-order valence-corrected chi connectivity index (χ0v) is 12.6. The van der Waals surface area contributed by atoms with E-state index in [4.69, 9.17) is 9.47 Å². The number of rotatable bonds is 3. The van der Waals surface area contributed by atoms with Crippen LogP contribution in [-0.2, 0) is 24.1 Å². The third-order valence-corrected chi connectivity index (χ3v) is 3.63. The number of non-ortho nitro benzene ring substituents is 1.